The fourth-order valence-corrected chi connectivity index (χ4v) is 1.27. The first-order valence-electron chi connectivity index (χ1n) is 5.90. The van der Waals surface area contributed by atoms with Crippen LogP contribution < -0.4 is 0 Å². The van der Waals surface area contributed by atoms with Crippen molar-refractivity contribution in [3.63, 3.8) is 0 Å². The minimum absolute atomic E-state index is 0.311. The van der Waals surface area contributed by atoms with Gasteiger partial charge in [-0.3, -0.25) is 0 Å². The van der Waals surface area contributed by atoms with E-state index in [1.54, 1.807) is 36.4 Å². The maximum atomic E-state index is 11.5. The molecule has 0 heterocycles. The first-order valence-corrected chi connectivity index (χ1v) is 5.90. The number of benzene rings is 1. The third kappa shape index (κ3) is 5.83. The van der Waals surface area contributed by atoms with E-state index in [9.17, 15) is 9.59 Å². The average molecular weight is 244 g/mol. The Bertz CT molecular complexity index is 428. The van der Waals surface area contributed by atoms with Gasteiger partial charge in [0.15, 0.2) is 0 Å². The van der Waals surface area contributed by atoms with E-state index in [2.05, 4.69) is 5.73 Å². The summed E-state index contributed by atoms with van der Waals surface area (Å²) in [6.07, 6.45) is 6.31. The van der Waals surface area contributed by atoms with E-state index in [0.717, 1.165) is 6.29 Å². The van der Waals surface area contributed by atoms with Crippen molar-refractivity contribution in [1.29, 1.82) is 0 Å². The molecule has 0 saturated heterocycles. The van der Waals surface area contributed by atoms with Gasteiger partial charge in [0.2, 0.25) is 0 Å². The molecule has 0 saturated carbocycles. The third-order valence-corrected chi connectivity index (χ3v) is 2.17. The Hall–Kier alpha value is -2.12. The monoisotopic (exact) mass is 244 g/mol. The topological polar surface area (TPSA) is 43.4 Å². The zero-order valence-corrected chi connectivity index (χ0v) is 10.2. The van der Waals surface area contributed by atoms with Gasteiger partial charge in [-0.2, -0.15) is 0 Å². The number of unbranched alkanes of at least 4 members (excludes halogenated alkanes) is 1. The molecule has 0 amide bonds. The minimum Gasteiger partial charge on any atom is -0.462 e. The fraction of sp³-hybridized carbons (Fsp3) is 0.267. The molecule has 0 bridgehead atoms. The minimum atomic E-state index is -0.311. The quantitative estimate of drug-likeness (QED) is 0.320. The maximum Gasteiger partial charge on any atom is 0.338 e. The number of hydrogen-bond donors (Lipinski definition) is 0. The molecule has 1 rings (SSSR count). The molecule has 0 fully saturated rings. The summed E-state index contributed by atoms with van der Waals surface area (Å²) in [7, 11) is 0. The molecule has 0 N–H and O–H groups in total. The van der Waals surface area contributed by atoms with Crippen LogP contribution in [0, 0.1) is 0 Å². The van der Waals surface area contributed by atoms with Crippen molar-refractivity contribution in [2.45, 2.75) is 19.3 Å². The zero-order chi connectivity index (χ0) is 13.1. The lowest BCUT2D eigenvalue weighted by Crippen LogP contribution is -2.05. The largest absolute Gasteiger partial charge is 0.462 e. The van der Waals surface area contributed by atoms with E-state index in [-0.39, 0.29) is 5.97 Å². The van der Waals surface area contributed by atoms with Crippen LogP contribution in [0.1, 0.15) is 29.6 Å². The standard InChI is InChI=1S/C15H16O3/c16-12-8-3-1-2-4-9-13-18-15(17)14-10-6-5-7-11-14/h1,4-7,10-12H,3,8-9,13H2. The Kier molecular flexibility index (Phi) is 6.95. The van der Waals surface area contributed by atoms with Crippen molar-refractivity contribution in [3.05, 3.63) is 53.8 Å². The van der Waals surface area contributed by atoms with Crippen LogP contribution in [0.5, 0.6) is 0 Å². The SMILES string of the molecule is O=CCCC=C=CCCOC(=O)c1ccccc1. The van der Waals surface area contributed by atoms with E-state index in [0.29, 0.717) is 31.4 Å². The van der Waals surface area contributed by atoms with E-state index < -0.39 is 0 Å². The van der Waals surface area contributed by atoms with Gasteiger partial charge in [0.1, 0.15) is 6.29 Å². The molecular formula is C15H16O3. The molecule has 0 atom stereocenters. The van der Waals surface area contributed by atoms with Crippen LogP contribution in [0.2, 0.25) is 0 Å². The highest BCUT2D eigenvalue weighted by Crippen LogP contribution is 2.01. The first kappa shape index (κ1) is 13.9. The van der Waals surface area contributed by atoms with Crippen molar-refractivity contribution in [1.82, 2.24) is 0 Å². The summed E-state index contributed by atoms with van der Waals surface area (Å²) in [6.45, 7) is 0.336. The summed E-state index contributed by atoms with van der Waals surface area (Å²) >= 11 is 0. The van der Waals surface area contributed by atoms with Crippen molar-refractivity contribution in [3.8, 4) is 0 Å². The predicted molar refractivity (Wildman–Crippen MR) is 69.3 cm³/mol. The molecule has 0 aliphatic heterocycles. The predicted octanol–water partition coefficient (Wildman–Crippen LogP) is 2.92. The molecule has 0 aliphatic rings. The molecule has 1 aromatic rings. The lowest BCUT2D eigenvalue weighted by Gasteiger charge is -2.01. The number of carbonyl (C=O) groups is 2. The Morgan fingerprint density at radius 1 is 1.11 bits per heavy atom. The first-order chi connectivity index (χ1) is 8.84. The molecule has 3 nitrogen and oxygen atoms in total. The second-order valence-electron chi connectivity index (χ2n) is 3.61. The van der Waals surface area contributed by atoms with Crippen LogP contribution in [0.25, 0.3) is 0 Å². The van der Waals surface area contributed by atoms with Crippen molar-refractivity contribution >= 4 is 12.3 Å². The van der Waals surface area contributed by atoms with Gasteiger partial charge in [0.05, 0.1) is 12.2 Å². The summed E-state index contributed by atoms with van der Waals surface area (Å²) in [5, 5.41) is 0. The Morgan fingerprint density at radius 3 is 2.56 bits per heavy atom. The van der Waals surface area contributed by atoms with Crippen molar-refractivity contribution in [2.24, 2.45) is 0 Å². The third-order valence-electron chi connectivity index (χ3n) is 2.17. The van der Waals surface area contributed by atoms with Gasteiger partial charge in [0.25, 0.3) is 0 Å². The summed E-state index contributed by atoms with van der Waals surface area (Å²) in [6, 6.07) is 8.89. The molecule has 94 valence electrons. The molecule has 1 aromatic carbocycles. The lowest BCUT2D eigenvalue weighted by atomic mass is 10.2. The van der Waals surface area contributed by atoms with E-state index in [1.807, 2.05) is 6.07 Å². The van der Waals surface area contributed by atoms with Crippen LogP contribution in [-0.4, -0.2) is 18.9 Å². The maximum absolute atomic E-state index is 11.5. The van der Waals surface area contributed by atoms with Gasteiger partial charge >= 0.3 is 5.97 Å². The van der Waals surface area contributed by atoms with Gasteiger partial charge < -0.3 is 9.53 Å². The number of rotatable bonds is 7. The smallest absolute Gasteiger partial charge is 0.338 e. The van der Waals surface area contributed by atoms with Crippen LogP contribution in [0.15, 0.2) is 48.2 Å². The highest BCUT2D eigenvalue weighted by molar-refractivity contribution is 5.89. The Morgan fingerprint density at radius 2 is 1.83 bits per heavy atom. The Balaban J connectivity index is 2.20. The molecule has 0 spiro atoms. The highest BCUT2D eigenvalue weighted by Gasteiger charge is 2.03. The number of hydrogen-bond acceptors (Lipinski definition) is 3. The van der Waals surface area contributed by atoms with Gasteiger partial charge in [-0.15, -0.1) is 5.73 Å². The van der Waals surface area contributed by atoms with Gasteiger partial charge in [-0.1, -0.05) is 18.2 Å². The molecule has 0 aromatic heterocycles. The Labute approximate surface area is 107 Å². The molecule has 0 aliphatic carbocycles. The fourth-order valence-electron chi connectivity index (χ4n) is 1.27. The highest BCUT2D eigenvalue weighted by atomic mass is 16.5. The second kappa shape index (κ2) is 8.97. The van der Waals surface area contributed by atoms with E-state index in [1.165, 1.54) is 0 Å². The normalized spacial score (nSPS) is 9.11. The average Bonchev–Trinajstić information content (AvgIpc) is 2.42. The molecular weight excluding hydrogens is 228 g/mol. The number of aldehydes is 1. The van der Waals surface area contributed by atoms with Crippen LogP contribution in [0.3, 0.4) is 0 Å². The molecule has 3 heteroatoms. The van der Waals surface area contributed by atoms with Crippen molar-refractivity contribution in [2.75, 3.05) is 6.61 Å². The molecule has 18 heavy (non-hydrogen) atoms. The number of carbonyl (C=O) groups excluding carboxylic acids is 2. The lowest BCUT2D eigenvalue weighted by molar-refractivity contribution is -0.107. The van der Waals surface area contributed by atoms with Crippen LogP contribution >= 0.6 is 0 Å². The summed E-state index contributed by atoms with van der Waals surface area (Å²) in [5.41, 5.74) is 3.49. The van der Waals surface area contributed by atoms with Crippen molar-refractivity contribution < 1.29 is 14.3 Å². The molecule has 0 unspecified atom stereocenters. The zero-order valence-electron chi connectivity index (χ0n) is 10.2. The number of ether oxygens (including phenoxy) is 1. The summed E-state index contributed by atoms with van der Waals surface area (Å²) in [5.74, 6) is -0.311. The van der Waals surface area contributed by atoms with E-state index in [4.69, 9.17) is 4.74 Å². The van der Waals surface area contributed by atoms with Gasteiger partial charge in [0, 0.05) is 12.8 Å². The van der Waals surface area contributed by atoms with Gasteiger partial charge in [-0.05, 0) is 30.7 Å². The van der Waals surface area contributed by atoms with Crippen LogP contribution in [-0.2, 0) is 9.53 Å². The van der Waals surface area contributed by atoms with Gasteiger partial charge in [-0.25, -0.2) is 4.79 Å². The summed E-state index contributed by atoms with van der Waals surface area (Å²) < 4.78 is 5.08. The van der Waals surface area contributed by atoms with E-state index >= 15 is 0 Å². The summed E-state index contributed by atoms with van der Waals surface area (Å²) in [4.78, 5) is 21.5. The molecule has 0 radical (unpaired) electrons. The number of esters is 1. The van der Waals surface area contributed by atoms with Crippen LogP contribution in [0.4, 0.5) is 0 Å². The second-order valence-corrected chi connectivity index (χ2v) is 3.61.